The lowest BCUT2D eigenvalue weighted by Crippen LogP contribution is -2.09. The molecule has 0 aliphatic rings. The quantitative estimate of drug-likeness (QED) is 0.419. The molecule has 0 saturated heterocycles. The van der Waals surface area contributed by atoms with Crippen molar-refractivity contribution in [2.45, 2.75) is 13.5 Å². The molecule has 0 saturated carbocycles. The summed E-state index contributed by atoms with van der Waals surface area (Å²) in [6, 6.07) is 12.5. The van der Waals surface area contributed by atoms with Gasteiger partial charge in [0.05, 0.1) is 17.7 Å². The van der Waals surface area contributed by atoms with Gasteiger partial charge in [-0.2, -0.15) is 0 Å². The van der Waals surface area contributed by atoms with Crippen LogP contribution in [0.5, 0.6) is 5.75 Å². The van der Waals surface area contributed by atoms with Crippen LogP contribution in [0.15, 0.2) is 42.5 Å². The number of carboxylic acid groups (broad SMARTS) is 2. The highest BCUT2D eigenvalue weighted by Crippen LogP contribution is 2.29. The van der Waals surface area contributed by atoms with E-state index in [1.165, 1.54) is 17.7 Å². The van der Waals surface area contributed by atoms with Crippen LogP contribution in [0.2, 0.25) is 0 Å². The first-order chi connectivity index (χ1) is 12.3. The first-order valence-electron chi connectivity index (χ1n) is 7.33. The van der Waals surface area contributed by atoms with Crippen LogP contribution in [0.3, 0.4) is 0 Å². The number of hydrogen-bond donors (Lipinski definition) is 3. The van der Waals surface area contributed by atoms with Gasteiger partial charge in [0, 0.05) is 18.7 Å². The number of ether oxygens (including phenoxy) is 1. The Morgan fingerprint density at radius 2 is 1.77 bits per heavy atom. The molecular formula is C17H18N2O7. The summed E-state index contributed by atoms with van der Waals surface area (Å²) in [5.74, 6) is -3.06. The molecule has 0 unspecified atom stereocenters. The van der Waals surface area contributed by atoms with Crippen molar-refractivity contribution in [2.24, 2.45) is 0 Å². The van der Waals surface area contributed by atoms with Crippen molar-refractivity contribution in [1.29, 1.82) is 0 Å². The first kappa shape index (κ1) is 20.4. The molecule has 0 aromatic heterocycles. The molecule has 0 bridgehead atoms. The van der Waals surface area contributed by atoms with Crippen LogP contribution in [0.1, 0.15) is 11.1 Å². The molecule has 0 heterocycles. The van der Waals surface area contributed by atoms with E-state index in [0.29, 0.717) is 18.0 Å². The van der Waals surface area contributed by atoms with Gasteiger partial charge in [0.1, 0.15) is 5.75 Å². The van der Waals surface area contributed by atoms with Crippen molar-refractivity contribution in [3.05, 3.63) is 63.7 Å². The number of anilines is 1. The summed E-state index contributed by atoms with van der Waals surface area (Å²) in [5, 5.41) is 28.8. The molecular weight excluding hydrogens is 344 g/mol. The van der Waals surface area contributed by atoms with E-state index in [1.807, 2.05) is 31.2 Å². The second-order valence-corrected chi connectivity index (χ2v) is 5.03. The molecule has 0 aliphatic carbocycles. The summed E-state index contributed by atoms with van der Waals surface area (Å²) in [6.07, 6.45) is 0. The Hall–Kier alpha value is -3.62. The highest BCUT2D eigenvalue weighted by molar-refractivity contribution is 6.27. The zero-order valence-electron chi connectivity index (χ0n) is 14.1. The van der Waals surface area contributed by atoms with E-state index in [2.05, 4.69) is 5.32 Å². The highest BCUT2D eigenvalue weighted by Gasteiger charge is 2.11. The van der Waals surface area contributed by atoms with Gasteiger partial charge in [0.15, 0.2) is 0 Å². The van der Waals surface area contributed by atoms with E-state index < -0.39 is 16.9 Å². The van der Waals surface area contributed by atoms with E-state index in [1.54, 1.807) is 13.2 Å². The van der Waals surface area contributed by atoms with Crippen LogP contribution in [0.4, 0.5) is 11.4 Å². The minimum atomic E-state index is -1.82. The first-order valence-corrected chi connectivity index (χ1v) is 7.33. The van der Waals surface area contributed by atoms with Crippen LogP contribution < -0.4 is 10.1 Å². The topological polar surface area (TPSA) is 139 Å². The number of nitrogens with one attached hydrogen (secondary N) is 1. The molecule has 9 heteroatoms. The van der Waals surface area contributed by atoms with E-state index >= 15 is 0 Å². The van der Waals surface area contributed by atoms with Gasteiger partial charge in [-0.1, -0.05) is 24.3 Å². The largest absolute Gasteiger partial charge is 0.495 e. The van der Waals surface area contributed by atoms with Crippen molar-refractivity contribution in [1.82, 2.24) is 0 Å². The number of hydrogen-bond acceptors (Lipinski definition) is 6. The summed E-state index contributed by atoms with van der Waals surface area (Å²) >= 11 is 0. The maximum atomic E-state index is 10.8. The van der Waals surface area contributed by atoms with Gasteiger partial charge < -0.3 is 20.3 Å². The molecule has 138 valence electrons. The fraction of sp³-hybridized carbons (Fsp3) is 0.176. The smallest absolute Gasteiger partial charge is 0.414 e. The maximum Gasteiger partial charge on any atom is 0.414 e. The van der Waals surface area contributed by atoms with E-state index in [4.69, 9.17) is 24.5 Å². The van der Waals surface area contributed by atoms with Gasteiger partial charge in [0.2, 0.25) is 0 Å². The minimum Gasteiger partial charge on any atom is -0.495 e. The third-order valence-electron chi connectivity index (χ3n) is 3.31. The number of nitro benzene ring substituents is 1. The van der Waals surface area contributed by atoms with E-state index in [0.717, 1.165) is 5.56 Å². The molecule has 2 aromatic carbocycles. The molecule has 0 atom stereocenters. The Bertz CT molecular complexity index is 793. The number of carboxylic acids is 2. The normalized spacial score (nSPS) is 9.46. The molecule has 0 spiro atoms. The van der Waals surface area contributed by atoms with Crippen molar-refractivity contribution in [2.75, 3.05) is 12.4 Å². The zero-order valence-corrected chi connectivity index (χ0v) is 14.1. The summed E-state index contributed by atoms with van der Waals surface area (Å²) in [4.78, 5) is 28.6. The molecule has 0 fully saturated rings. The summed E-state index contributed by atoms with van der Waals surface area (Å²) in [5.41, 5.74) is 2.97. The van der Waals surface area contributed by atoms with Crippen LogP contribution in [-0.2, 0) is 16.1 Å². The number of methoxy groups -OCH3 is 1. The van der Waals surface area contributed by atoms with Crippen molar-refractivity contribution in [3.63, 3.8) is 0 Å². The van der Waals surface area contributed by atoms with Gasteiger partial charge in [-0.05, 0) is 24.1 Å². The van der Waals surface area contributed by atoms with Gasteiger partial charge in [0.25, 0.3) is 5.69 Å². The van der Waals surface area contributed by atoms with Crippen LogP contribution in [-0.4, -0.2) is 34.2 Å². The Morgan fingerprint density at radius 1 is 1.15 bits per heavy atom. The molecule has 3 N–H and O–H groups in total. The maximum absolute atomic E-state index is 10.8. The third kappa shape index (κ3) is 6.11. The highest BCUT2D eigenvalue weighted by atomic mass is 16.6. The third-order valence-corrected chi connectivity index (χ3v) is 3.31. The standard InChI is InChI=1S/C15H16N2O3.C2H2O4/c1-11-5-3-4-6-12(11)10-16-14-9-13(17(18)19)7-8-15(14)20-2;3-1(4)2(5)6/h3-9,16H,10H2,1-2H3;(H,3,4)(H,5,6). The minimum absolute atomic E-state index is 0.0399. The predicted molar refractivity (Wildman–Crippen MR) is 93.4 cm³/mol. The molecule has 26 heavy (non-hydrogen) atoms. The summed E-state index contributed by atoms with van der Waals surface area (Å²) in [6.45, 7) is 2.62. The second-order valence-electron chi connectivity index (χ2n) is 5.03. The average Bonchev–Trinajstić information content (AvgIpc) is 2.61. The van der Waals surface area contributed by atoms with Gasteiger partial charge >= 0.3 is 11.9 Å². The summed E-state index contributed by atoms with van der Waals surface area (Å²) in [7, 11) is 1.54. The fourth-order valence-electron chi connectivity index (χ4n) is 1.95. The molecule has 0 aliphatic heterocycles. The Balaban J connectivity index is 0.000000487. The number of aliphatic carboxylic acids is 2. The van der Waals surface area contributed by atoms with Crippen molar-refractivity contribution >= 4 is 23.3 Å². The summed E-state index contributed by atoms with van der Waals surface area (Å²) < 4.78 is 5.21. The lowest BCUT2D eigenvalue weighted by molar-refractivity contribution is -0.384. The number of nitro groups is 1. The number of nitrogens with zero attached hydrogens (tertiary/aromatic N) is 1. The molecule has 2 aromatic rings. The Labute approximate surface area is 149 Å². The monoisotopic (exact) mass is 362 g/mol. The van der Waals surface area contributed by atoms with Gasteiger partial charge in [-0.3, -0.25) is 10.1 Å². The van der Waals surface area contributed by atoms with Crippen LogP contribution in [0.25, 0.3) is 0 Å². The number of rotatable bonds is 5. The SMILES string of the molecule is COc1ccc([N+](=O)[O-])cc1NCc1ccccc1C.O=C(O)C(=O)O. The second kappa shape index (κ2) is 9.62. The predicted octanol–water partition coefficient (Wildman–Crippen LogP) is 2.68. The molecule has 9 nitrogen and oxygen atoms in total. The lowest BCUT2D eigenvalue weighted by atomic mass is 10.1. The van der Waals surface area contributed by atoms with Gasteiger partial charge in [-0.25, -0.2) is 9.59 Å². The molecule has 2 rings (SSSR count). The van der Waals surface area contributed by atoms with Crippen LogP contribution >= 0.6 is 0 Å². The number of aryl methyl sites for hydroxylation is 1. The van der Waals surface area contributed by atoms with Gasteiger partial charge in [-0.15, -0.1) is 0 Å². The number of non-ortho nitro benzene ring substituents is 1. The van der Waals surface area contributed by atoms with E-state index in [-0.39, 0.29) is 5.69 Å². The van der Waals surface area contributed by atoms with Crippen molar-refractivity contribution < 1.29 is 29.5 Å². The van der Waals surface area contributed by atoms with Crippen LogP contribution in [0, 0.1) is 17.0 Å². The average molecular weight is 362 g/mol. The van der Waals surface area contributed by atoms with Crippen molar-refractivity contribution in [3.8, 4) is 5.75 Å². The zero-order chi connectivity index (χ0) is 19.7. The molecule has 0 amide bonds. The Morgan fingerprint density at radius 3 is 2.27 bits per heavy atom. The number of carbonyl (C=O) groups is 2. The molecule has 0 radical (unpaired) electrons. The Kier molecular flexibility index (Phi) is 7.56. The fourth-order valence-corrected chi connectivity index (χ4v) is 1.95. The van der Waals surface area contributed by atoms with E-state index in [9.17, 15) is 10.1 Å². The lowest BCUT2D eigenvalue weighted by Gasteiger charge is -2.12. The number of benzene rings is 2.